The Kier molecular flexibility index (Phi) is 3.51. The fraction of sp³-hybridized carbons (Fsp3) is 0.583. The van der Waals surface area contributed by atoms with Crippen LogP contribution in [0.1, 0.15) is 19.4 Å². The summed E-state index contributed by atoms with van der Waals surface area (Å²) in [6, 6.07) is 2.40. The first-order valence-corrected chi connectivity index (χ1v) is 5.60. The first-order chi connectivity index (χ1) is 7.68. The Labute approximate surface area is 95.2 Å². The van der Waals surface area contributed by atoms with Crippen LogP contribution in [0, 0.1) is 5.82 Å². The number of nitrogens with zero attached hydrogens (tertiary/aromatic N) is 2. The molecule has 3 nitrogen and oxygen atoms in total. The predicted molar refractivity (Wildman–Crippen MR) is 59.5 cm³/mol. The van der Waals surface area contributed by atoms with Gasteiger partial charge in [-0.2, -0.15) is 0 Å². The van der Waals surface area contributed by atoms with Gasteiger partial charge < -0.3 is 4.74 Å². The monoisotopic (exact) mass is 224 g/mol. The smallest absolute Gasteiger partial charge is 0.145 e. The summed E-state index contributed by atoms with van der Waals surface area (Å²) in [5.41, 5.74) is 0.704. The van der Waals surface area contributed by atoms with Gasteiger partial charge in [-0.25, -0.2) is 4.39 Å². The Morgan fingerprint density at radius 3 is 2.75 bits per heavy atom. The molecule has 1 saturated heterocycles. The molecule has 0 N–H and O–H groups in total. The van der Waals surface area contributed by atoms with Crippen molar-refractivity contribution < 1.29 is 9.13 Å². The lowest BCUT2D eigenvalue weighted by Crippen LogP contribution is -2.48. The van der Waals surface area contributed by atoms with Crippen LogP contribution in [0.2, 0.25) is 0 Å². The molecule has 0 amide bonds. The molecule has 0 radical (unpaired) electrons. The molecule has 2 heterocycles. The molecule has 0 aromatic carbocycles. The number of hydrogen-bond acceptors (Lipinski definition) is 3. The van der Waals surface area contributed by atoms with Gasteiger partial charge in [-0.1, -0.05) is 0 Å². The highest BCUT2D eigenvalue weighted by Gasteiger charge is 2.25. The second kappa shape index (κ2) is 4.89. The molecular formula is C12H17FN2O. The number of ether oxygens (including phenoxy) is 1. The van der Waals surface area contributed by atoms with E-state index < -0.39 is 0 Å². The highest BCUT2D eigenvalue weighted by atomic mass is 19.1. The molecule has 88 valence electrons. The Bertz CT molecular complexity index is 349. The lowest BCUT2D eigenvalue weighted by atomic mass is 10.1. The van der Waals surface area contributed by atoms with Crippen LogP contribution < -0.4 is 0 Å². The van der Waals surface area contributed by atoms with E-state index in [2.05, 4.69) is 23.7 Å². The Morgan fingerprint density at radius 1 is 1.44 bits per heavy atom. The second-order valence-corrected chi connectivity index (χ2v) is 4.37. The first kappa shape index (κ1) is 11.5. The summed E-state index contributed by atoms with van der Waals surface area (Å²) < 4.78 is 18.9. The lowest BCUT2D eigenvalue weighted by Gasteiger charge is -2.38. The molecule has 1 aromatic heterocycles. The average Bonchev–Trinajstić information content (AvgIpc) is 2.26. The zero-order chi connectivity index (χ0) is 11.5. The van der Waals surface area contributed by atoms with E-state index in [-0.39, 0.29) is 5.82 Å². The van der Waals surface area contributed by atoms with Gasteiger partial charge in [0.05, 0.1) is 19.4 Å². The van der Waals surface area contributed by atoms with Crippen LogP contribution in [-0.4, -0.2) is 35.2 Å². The molecule has 1 fully saturated rings. The van der Waals surface area contributed by atoms with Gasteiger partial charge in [0, 0.05) is 30.4 Å². The van der Waals surface area contributed by atoms with Gasteiger partial charge in [0.1, 0.15) is 5.82 Å². The molecule has 1 aliphatic rings. The minimum absolute atomic E-state index is 0.228. The zero-order valence-electron chi connectivity index (χ0n) is 9.69. The van der Waals surface area contributed by atoms with Crippen LogP contribution in [0.15, 0.2) is 18.5 Å². The van der Waals surface area contributed by atoms with E-state index in [0.29, 0.717) is 24.2 Å². The van der Waals surface area contributed by atoms with Crippen molar-refractivity contribution in [1.82, 2.24) is 9.88 Å². The molecular weight excluding hydrogens is 207 g/mol. The van der Waals surface area contributed by atoms with Gasteiger partial charge in [-0.3, -0.25) is 9.88 Å². The largest absolute Gasteiger partial charge is 0.378 e. The zero-order valence-corrected chi connectivity index (χ0v) is 9.69. The second-order valence-electron chi connectivity index (χ2n) is 4.37. The Morgan fingerprint density at radius 2 is 2.12 bits per heavy atom. The summed E-state index contributed by atoms with van der Waals surface area (Å²) in [5, 5.41) is 0. The van der Waals surface area contributed by atoms with Crippen LogP contribution >= 0.6 is 0 Å². The third-order valence-corrected chi connectivity index (χ3v) is 3.06. The Balaban J connectivity index is 2.11. The van der Waals surface area contributed by atoms with Gasteiger partial charge >= 0.3 is 0 Å². The lowest BCUT2D eigenvalue weighted by molar-refractivity contribution is -0.0413. The van der Waals surface area contributed by atoms with Gasteiger partial charge in [0.25, 0.3) is 0 Å². The quantitative estimate of drug-likeness (QED) is 0.766. The molecule has 2 rings (SSSR count). The molecule has 1 aliphatic heterocycles. The number of halogens is 1. The first-order valence-electron chi connectivity index (χ1n) is 5.60. The fourth-order valence-electron chi connectivity index (χ4n) is 2.08. The summed E-state index contributed by atoms with van der Waals surface area (Å²) in [6.07, 6.45) is 2.90. The van der Waals surface area contributed by atoms with E-state index in [9.17, 15) is 4.39 Å². The van der Waals surface area contributed by atoms with Crippen molar-refractivity contribution in [3.05, 3.63) is 29.8 Å². The molecule has 0 saturated carbocycles. The summed E-state index contributed by atoms with van der Waals surface area (Å²) >= 11 is 0. The van der Waals surface area contributed by atoms with E-state index in [1.165, 1.54) is 6.20 Å². The SMILES string of the molecule is CC1COCC(C)N1Cc1ccncc1F. The number of morpholine rings is 1. The van der Waals surface area contributed by atoms with Gasteiger partial charge in [0.2, 0.25) is 0 Å². The average molecular weight is 224 g/mol. The minimum atomic E-state index is -0.228. The van der Waals surface area contributed by atoms with Crippen LogP contribution in [0.3, 0.4) is 0 Å². The van der Waals surface area contributed by atoms with Crippen molar-refractivity contribution >= 4 is 0 Å². The van der Waals surface area contributed by atoms with Crippen molar-refractivity contribution in [2.24, 2.45) is 0 Å². The number of aromatic nitrogens is 1. The Hall–Kier alpha value is -1.00. The van der Waals surface area contributed by atoms with Gasteiger partial charge in [-0.15, -0.1) is 0 Å². The molecule has 4 heteroatoms. The highest BCUT2D eigenvalue weighted by Crippen LogP contribution is 2.18. The molecule has 2 atom stereocenters. The van der Waals surface area contributed by atoms with Crippen LogP contribution in [0.25, 0.3) is 0 Å². The minimum Gasteiger partial charge on any atom is -0.378 e. The van der Waals surface area contributed by atoms with Crippen LogP contribution in [0.4, 0.5) is 4.39 Å². The van der Waals surface area contributed by atoms with E-state index in [1.54, 1.807) is 12.3 Å². The highest BCUT2D eigenvalue weighted by molar-refractivity contribution is 5.12. The van der Waals surface area contributed by atoms with Crippen molar-refractivity contribution in [3.63, 3.8) is 0 Å². The maximum atomic E-state index is 13.5. The van der Waals surface area contributed by atoms with E-state index >= 15 is 0 Å². The number of hydrogen-bond donors (Lipinski definition) is 0. The summed E-state index contributed by atoms with van der Waals surface area (Å²) in [5.74, 6) is -0.228. The predicted octanol–water partition coefficient (Wildman–Crippen LogP) is 1.83. The summed E-state index contributed by atoms with van der Waals surface area (Å²) in [7, 11) is 0. The third-order valence-electron chi connectivity index (χ3n) is 3.06. The third kappa shape index (κ3) is 2.39. The van der Waals surface area contributed by atoms with Crippen molar-refractivity contribution in [3.8, 4) is 0 Å². The van der Waals surface area contributed by atoms with Crippen LogP contribution in [0.5, 0.6) is 0 Å². The van der Waals surface area contributed by atoms with Crippen molar-refractivity contribution in [2.75, 3.05) is 13.2 Å². The molecule has 2 unspecified atom stereocenters. The maximum absolute atomic E-state index is 13.5. The number of rotatable bonds is 2. The fourth-order valence-corrected chi connectivity index (χ4v) is 2.08. The van der Waals surface area contributed by atoms with E-state index in [0.717, 1.165) is 13.2 Å². The van der Waals surface area contributed by atoms with Crippen LogP contribution in [-0.2, 0) is 11.3 Å². The standard InChI is InChI=1S/C12H17FN2O/c1-9-7-16-8-10(2)15(9)6-11-3-4-14-5-12(11)13/h3-5,9-10H,6-8H2,1-2H3. The summed E-state index contributed by atoms with van der Waals surface area (Å²) in [6.45, 7) is 6.28. The van der Waals surface area contributed by atoms with E-state index in [1.807, 2.05) is 0 Å². The summed E-state index contributed by atoms with van der Waals surface area (Å²) in [4.78, 5) is 6.02. The van der Waals surface area contributed by atoms with Crippen molar-refractivity contribution in [2.45, 2.75) is 32.5 Å². The molecule has 16 heavy (non-hydrogen) atoms. The normalized spacial score (nSPS) is 26.9. The van der Waals surface area contributed by atoms with E-state index in [4.69, 9.17) is 4.74 Å². The van der Waals surface area contributed by atoms with Gasteiger partial charge in [-0.05, 0) is 19.9 Å². The van der Waals surface area contributed by atoms with Gasteiger partial charge in [0.15, 0.2) is 0 Å². The molecule has 1 aromatic rings. The maximum Gasteiger partial charge on any atom is 0.145 e. The topological polar surface area (TPSA) is 25.4 Å². The molecule has 0 aliphatic carbocycles. The number of pyridine rings is 1. The molecule has 0 bridgehead atoms. The molecule has 0 spiro atoms. The van der Waals surface area contributed by atoms with Crippen molar-refractivity contribution in [1.29, 1.82) is 0 Å².